The summed E-state index contributed by atoms with van der Waals surface area (Å²) in [6, 6.07) is 5.70. The van der Waals surface area contributed by atoms with E-state index in [9.17, 15) is 5.11 Å². The highest BCUT2D eigenvalue weighted by Crippen LogP contribution is 2.28. The fourth-order valence-corrected chi connectivity index (χ4v) is 2.41. The number of methoxy groups -OCH3 is 1. The van der Waals surface area contributed by atoms with E-state index in [4.69, 9.17) is 9.47 Å². The normalized spacial score (nSPS) is 20.4. The molecule has 0 bridgehead atoms. The lowest BCUT2D eigenvalue weighted by Crippen LogP contribution is -2.23. The molecule has 2 unspecified atom stereocenters. The molecule has 0 spiro atoms. The van der Waals surface area contributed by atoms with Gasteiger partial charge >= 0.3 is 0 Å². The van der Waals surface area contributed by atoms with Crippen molar-refractivity contribution < 1.29 is 14.6 Å². The lowest BCUT2D eigenvalue weighted by Gasteiger charge is -2.17. The zero-order chi connectivity index (χ0) is 13.7. The third-order valence-corrected chi connectivity index (χ3v) is 3.64. The van der Waals surface area contributed by atoms with Crippen molar-refractivity contribution in [3.8, 4) is 11.5 Å². The summed E-state index contributed by atoms with van der Waals surface area (Å²) < 4.78 is 10.7. The largest absolute Gasteiger partial charge is 0.504 e. The minimum Gasteiger partial charge on any atom is -0.504 e. The summed E-state index contributed by atoms with van der Waals surface area (Å²) in [5.41, 5.74) is 1.11. The van der Waals surface area contributed by atoms with Crippen molar-refractivity contribution in [2.24, 2.45) is 0 Å². The molecule has 2 N–H and O–H groups in total. The molecule has 0 amide bonds. The van der Waals surface area contributed by atoms with Crippen LogP contribution in [-0.2, 0) is 4.74 Å². The number of phenols is 1. The molecule has 1 aliphatic rings. The van der Waals surface area contributed by atoms with Crippen molar-refractivity contribution in [3.63, 3.8) is 0 Å². The first kappa shape index (κ1) is 14.2. The fourth-order valence-electron chi connectivity index (χ4n) is 2.41. The first-order chi connectivity index (χ1) is 9.20. The average molecular weight is 265 g/mol. The zero-order valence-corrected chi connectivity index (χ0v) is 11.7. The summed E-state index contributed by atoms with van der Waals surface area (Å²) in [4.78, 5) is 0. The van der Waals surface area contributed by atoms with Crippen molar-refractivity contribution in [2.45, 2.75) is 38.3 Å². The van der Waals surface area contributed by atoms with E-state index in [1.54, 1.807) is 13.2 Å². The average Bonchev–Trinajstić information content (AvgIpc) is 2.92. The molecular formula is C15H23NO3. The molecule has 0 saturated carbocycles. The maximum atomic E-state index is 9.57. The van der Waals surface area contributed by atoms with Gasteiger partial charge in [0, 0.05) is 12.6 Å². The van der Waals surface area contributed by atoms with Crippen molar-refractivity contribution in [1.82, 2.24) is 5.32 Å². The second-order valence-corrected chi connectivity index (χ2v) is 5.03. The van der Waals surface area contributed by atoms with Gasteiger partial charge in [-0.25, -0.2) is 0 Å². The highest BCUT2D eigenvalue weighted by Gasteiger charge is 2.15. The van der Waals surface area contributed by atoms with Crippen molar-refractivity contribution in [2.75, 3.05) is 20.3 Å². The molecule has 19 heavy (non-hydrogen) atoms. The second kappa shape index (κ2) is 6.78. The van der Waals surface area contributed by atoms with Crippen LogP contribution in [0, 0.1) is 0 Å². The Labute approximate surface area is 114 Å². The van der Waals surface area contributed by atoms with Crippen LogP contribution in [0.4, 0.5) is 0 Å². The molecule has 2 atom stereocenters. The minimum absolute atomic E-state index is 0.179. The Hall–Kier alpha value is -1.26. The molecule has 1 aliphatic heterocycles. The van der Waals surface area contributed by atoms with Crippen LogP contribution in [0.25, 0.3) is 0 Å². The van der Waals surface area contributed by atoms with Gasteiger partial charge in [-0.3, -0.25) is 0 Å². The zero-order valence-electron chi connectivity index (χ0n) is 11.7. The summed E-state index contributed by atoms with van der Waals surface area (Å²) in [6.45, 7) is 3.96. The monoisotopic (exact) mass is 265 g/mol. The summed E-state index contributed by atoms with van der Waals surface area (Å²) in [5, 5.41) is 13.1. The standard InChI is InChI=1S/C15H23NO3/c1-11(16-8-7-13-4-3-9-19-13)12-5-6-14(17)15(10-12)18-2/h5-6,10-11,13,16-17H,3-4,7-9H2,1-2H3. The van der Waals surface area contributed by atoms with Gasteiger partial charge in [-0.15, -0.1) is 0 Å². The van der Waals surface area contributed by atoms with Crippen molar-refractivity contribution >= 4 is 0 Å². The molecule has 1 fully saturated rings. The minimum atomic E-state index is 0.179. The number of nitrogens with one attached hydrogen (secondary N) is 1. The molecule has 1 aromatic carbocycles. The fraction of sp³-hybridized carbons (Fsp3) is 0.600. The van der Waals surface area contributed by atoms with Gasteiger partial charge in [0.1, 0.15) is 0 Å². The third-order valence-electron chi connectivity index (χ3n) is 3.64. The van der Waals surface area contributed by atoms with Gasteiger partial charge < -0.3 is 19.9 Å². The maximum absolute atomic E-state index is 9.57. The highest BCUT2D eigenvalue weighted by molar-refractivity contribution is 5.42. The van der Waals surface area contributed by atoms with Crippen LogP contribution in [0.1, 0.15) is 37.8 Å². The van der Waals surface area contributed by atoms with Crippen LogP contribution in [-0.4, -0.2) is 31.5 Å². The van der Waals surface area contributed by atoms with E-state index >= 15 is 0 Å². The Morgan fingerprint density at radius 2 is 2.37 bits per heavy atom. The third kappa shape index (κ3) is 3.85. The summed E-state index contributed by atoms with van der Waals surface area (Å²) in [7, 11) is 1.56. The van der Waals surface area contributed by atoms with E-state index < -0.39 is 0 Å². The molecule has 4 heteroatoms. The second-order valence-electron chi connectivity index (χ2n) is 5.03. The van der Waals surface area contributed by atoms with E-state index in [-0.39, 0.29) is 11.8 Å². The molecule has 4 nitrogen and oxygen atoms in total. The van der Waals surface area contributed by atoms with Gasteiger partial charge in [0.15, 0.2) is 11.5 Å². The SMILES string of the molecule is COc1cc(C(C)NCCC2CCCO2)ccc1O. The topological polar surface area (TPSA) is 50.7 Å². The number of hydrogen-bond acceptors (Lipinski definition) is 4. The Morgan fingerprint density at radius 3 is 3.05 bits per heavy atom. The van der Waals surface area contributed by atoms with E-state index in [0.29, 0.717) is 11.9 Å². The molecular weight excluding hydrogens is 242 g/mol. The Morgan fingerprint density at radius 1 is 1.53 bits per heavy atom. The van der Waals surface area contributed by atoms with E-state index in [0.717, 1.165) is 25.1 Å². The Balaban J connectivity index is 1.83. The highest BCUT2D eigenvalue weighted by atomic mass is 16.5. The Bertz CT molecular complexity index is 402. The molecule has 0 aromatic heterocycles. The summed E-state index contributed by atoms with van der Waals surface area (Å²) in [5.74, 6) is 0.697. The predicted octanol–water partition coefficient (Wildman–Crippen LogP) is 2.62. The molecule has 0 aliphatic carbocycles. The van der Waals surface area contributed by atoms with Gasteiger partial charge in [0.05, 0.1) is 13.2 Å². The summed E-state index contributed by atoms with van der Waals surface area (Å²) in [6.07, 6.45) is 3.85. The quantitative estimate of drug-likeness (QED) is 0.830. The smallest absolute Gasteiger partial charge is 0.160 e. The molecule has 106 valence electrons. The van der Waals surface area contributed by atoms with Gasteiger partial charge in [0.25, 0.3) is 0 Å². The number of aromatic hydroxyl groups is 1. The summed E-state index contributed by atoms with van der Waals surface area (Å²) >= 11 is 0. The first-order valence-electron chi connectivity index (χ1n) is 6.92. The van der Waals surface area contributed by atoms with Gasteiger partial charge in [-0.05, 0) is 50.4 Å². The van der Waals surface area contributed by atoms with E-state index in [2.05, 4.69) is 12.2 Å². The first-order valence-corrected chi connectivity index (χ1v) is 6.92. The molecule has 1 aromatic rings. The van der Waals surface area contributed by atoms with Gasteiger partial charge in [0.2, 0.25) is 0 Å². The van der Waals surface area contributed by atoms with E-state index in [1.807, 2.05) is 12.1 Å². The molecule has 2 rings (SSSR count). The van der Waals surface area contributed by atoms with E-state index in [1.165, 1.54) is 12.8 Å². The number of ether oxygens (including phenoxy) is 2. The molecule has 0 radical (unpaired) electrons. The van der Waals surface area contributed by atoms with Crippen LogP contribution in [0.5, 0.6) is 11.5 Å². The number of hydrogen-bond donors (Lipinski definition) is 2. The predicted molar refractivity (Wildman–Crippen MR) is 74.7 cm³/mol. The van der Waals surface area contributed by atoms with Gasteiger partial charge in [-0.1, -0.05) is 6.07 Å². The maximum Gasteiger partial charge on any atom is 0.160 e. The lowest BCUT2D eigenvalue weighted by molar-refractivity contribution is 0.103. The van der Waals surface area contributed by atoms with Crippen LogP contribution >= 0.6 is 0 Å². The lowest BCUT2D eigenvalue weighted by atomic mass is 10.1. The van der Waals surface area contributed by atoms with Crippen LogP contribution in [0.2, 0.25) is 0 Å². The number of rotatable bonds is 6. The molecule has 1 saturated heterocycles. The number of phenolic OH excluding ortho intramolecular Hbond substituents is 1. The van der Waals surface area contributed by atoms with Crippen molar-refractivity contribution in [3.05, 3.63) is 23.8 Å². The molecule has 1 heterocycles. The van der Waals surface area contributed by atoms with Crippen molar-refractivity contribution in [1.29, 1.82) is 0 Å². The van der Waals surface area contributed by atoms with Gasteiger partial charge in [-0.2, -0.15) is 0 Å². The Kier molecular flexibility index (Phi) is 5.05. The number of benzene rings is 1. The van der Waals surface area contributed by atoms with Crippen LogP contribution < -0.4 is 10.1 Å². The van der Waals surface area contributed by atoms with Crippen LogP contribution in [0.3, 0.4) is 0 Å². The van der Waals surface area contributed by atoms with Crippen LogP contribution in [0.15, 0.2) is 18.2 Å².